The Labute approximate surface area is 77.0 Å². The lowest BCUT2D eigenvalue weighted by molar-refractivity contribution is 0.275. The third-order valence-corrected chi connectivity index (χ3v) is 2.51. The molecule has 1 aliphatic rings. The molecule has 1 heterocycles. The summed E-state index contributed by atoms with van der Waals surface area (Å²) in [7, 11) is 0. The summed E-state index contributed by atoms with van der Waals surface area (Å²) in [4.78, 5) is 0. The van der Waals surface area contributed by atoms with E-state index in [1.165, 1.54) is 0 Å². The Morgan fingerprint density at radius 2 is 2.23 bits per heavy atom. The summed E-state index contributed by atoms with van der Waals surface area (Å²) in [6, 6.07) is 5.83. The van der Waals surface area contributed by atoms with Crippen LogP contribution in [-0.4, -0.2) is 16.8 Å². The highest BCUT2D eigenvalue weighted by Gasteiger charge is 2.18. The van der Waals surface area contributed by atoms with E-state index >= 15 is 0 Å². The normalized spacial score (nSPS) is 21.2. The van der Waals surface area contributed by atoms with Gasteiger partial charge in [0.25, 0.3) is 0 Å². The quantitative estimate of drug-likeness (QED) is 0.632. The number of phenols is 1. The molecular weight excluding hydrogens is 166 g/mol. The number of rotatable bonds is 2. The molecule has 1 aromatic rings. The van der Waals surface area contributed by atoms with Gasteiger partial charge in [0.2, 0.25) is 0 Å². The second-order valence-electron chi connectivity index (χ2n) is 3.34. The summed E-state index contributed by atoms with van der Waals surface area (Å²) in [5, 5.41) is 21.6. The summed E-state index contributed by atoms with van der Waals surface area (Å²) in [6.07, 6.45) is 1.12. The minimum absolute atomic E-state index is 0.107. The molecule has 13 heavy (non-hydrogen) atoms. The highest BCUT2D eigenvalue weighted by molar-refractivity contribution is 5.37. The fourth-order valence-electron chi connectivity index (χ4n) is 1.50. The van der Waals surface area contributed by atoms with Crippen molar-refractivity contribution in [3.63, 3.8) is 0 Å². The van der Waals surface area contributed by atoms with E-state index in [1.807, 2.05) is 6.07 Å². The van der Waals surface area contributed by atoms with Crippen molar-refractivity contribution in [2.75, 3.05) is 6.54 Å². The molecule has 3 N–H and O–H groups in total. The topological polar surface area (TPSA) is 52.5 Å². The van der Waals surface area contributed by atoms with Gasteiger partial charge in [0.15, 0.2) is 0 Å². The second-order valence-corrected chi connectivity index (χ2v) is 3.34. The van der Waals surface area contributed by atoms with Gasteiger partial charge in [-0.25, -0.2) is 0 Å². The van der Waals surface area contributed by atoms with E-state index in [9.17, 15) is 5.11 Å². The third kappa shape index (κ3) is 1.53. The zero-order chi connectivity index (χ0) is 9.26. The van der Waals surface area contributed by atoms with Crippen LogP contribution >= 0.6 is 0 Å². The van der Waals surface area contributed by atoms with Gasteiger partial charge in [-0.05, 0) is 24.6 Å². The Morgan fingerprint density at radius 1 is 1.46 bits per heavy atom. The van der Waals surface area contributed by atoms with Crippen LogP contribution in [-0.2, 0) is 6.61 Å². The fourth-order valence-corrected chi connectivity index (χ4v) is 1.50. The van der Waals surface area contributed by atoms with E-state index < -0.39 is 0 Å². The lowest BCUT2D eigenvalue weighted by Crippen LogP contribution is -2.34. The Kier molecular flexibility index (Phi) is 2.20. The van der Waals surface area contributed by atoms with E-state index in [1.54, 1.807) is 12.1 Å². The first kappa shape index (κ1) is 8.53. The second kappa shape index (κ2) is 3.36. The van der Waals surface area contributed by atoms with Crippen molar-refractivity contribution in [1.29, 1.82) is 0 Å². The van der Waals surface area contributed by atoms with E-state index in [0.717, 1.165) is 18.5 Å². The smallest absolute Gasteiger partial charge is 0.121 e. The molecule has 0 unspecified atom stereocenters. The Balaban J connectivity index is 2.24. The molecule has 0 aliphatic carbocycles. The van der Waals surface area contributed by atoms with Gasteiger partial charge in [-0.2, -0.15) is 0 Å². The van der Waals surface area contributed by atoms with Gasteiger partial charge in [0.05, 0.1) is 6.61 Å². The molecule has 3 heteroatoms. The van der Waals surface area contributed by atoms with Crippen LogP contribution in [0.3, 0.4) is 0 Å². The highest BCUT2D eigenvalue weighted by atomic mass is 16.3. The van der Waals surface area contributed by atoms with Gasteiger partial charge in [0.1, 0.15) is 5.75 Å². The molecule has 0 spiro atoms. The SMILES string of the molecule is OCc1ccc([C@H]2CCN2)cc1O. The van der Waals surface area contributed by atoms with Crippen LogP contribution in [0, 0.1) is 0 Å². The lowest BCUT2D eigenvalue weighted by atomic mass is 9.97. The van der Waals surface area contributed by atoms with Crippen LogP contribution in [0.15, 0.2) is 18.2 Å². The standard InChI is InChI=1S/C10H13NO2/c12-6-8-2-1-7(5-10(8)13)9-3-4-11-9/h1-2,5,9,11-13H,3-4,6H2/t9-/m1/s1. The molecule has 0 aromatic heterocycles. The maximum absolute atomic E-state index is 9.47. The number of hydrogen-bond donors (Lipinski definition) is 3. The number of benzene rings is 1. The highest BCUT2D eigenvalue weighted by Crippen LogP contribution is 2.27. The minimum Gasteiger partial charge on any atom is -0.508 e. The predicted molar refractivity (Wildman–Crippen MR) is 49.4 cm³/mol. The van der Waals surface area contributed by atoms with Gasteiger partial charge in [-0.3, -0.25) is 0 Å². The Bertz CT molecular complexity index is 308. The van der Waals surface area contributed by atoms with Crippen molar-refractivity contribution in [3.05, 3.63) is 29.3 Å². The van der Waals surface area contributed by atoms with Crippen LogP contribution in [0.5, 0.6) is 5.75 Å². The fraction of sp³-hybridized carbons (Fsp3) is 0.400. The Hall–Kier alpha value is -1.06. The van der Waals surface area contributed by atoms with E-state index in [-0.39, 0.29) is 12.4 Å². The van der Waals surface area contributed by atoms with Crippen molar-refractivity contribution in [3.8, 4) is 5.75 Å². The summed E-state index contributed by atoms with van der Waals surface area (Å²) in [6.45, 7) is 0.942. The van der Waals surface area contributed by atoms with E-state index in [4.69, 9.17) is 5.11 Å². The molecule has 3 nitrogen and oxygen atoms in total. The molecule has 1 fully saturated rings. The molecule has 1 atom stereocenters. The van der Waals surface area contributed by atoms with Crippen molar-refractivity contribution in [2.24, 2.45) is 0 Å². The van der Waals surface area contributed by atoms with Gasteiger partial charge in [-0.1, -0.05) is 12.1 Å². The molecule has 1 saturated heterocycles. The number of nitrogens with one attached hydrogen (secondary N) is 1. The van der Waals surface area contributed by atoms with Crippen molar-refractivity contribution in [1.82, 2.24) is 5.32 Å². The summed E-state index contributed by atoms with van der Waals surface area (Å²) < 4.78 is 0. The third-order valence-electron chi connectivity index (χ3n) is 2.51. The zero-order valence-corrected chi connectivity index (χ0v) is 7.33. The molecular formula is C10H13NO2. The monoisotopic (exact) mass is 179 g/mol. The van der Waals surface area contributed by atoms with Crippen LogP contribution < -0.4 is 5.32 Å². The molecule has 0 bridgehead atoms. The summed E-state index contributed by atoms with van der Waals surface area (Å²) in [5.41, 5.74) is 1.68. The van der Waals surface area contributed by atoms with Gasteiger partial charge in [-0.15, -0.1) is 0 Å². The maximum atomic E-state index is 9.47. The Morgan fingerprint density at radius 3 is 2.69 bits per heavy atom. The van der Waals surface area contributed by atoms with Crippen molar-refractivity contribution >= 4 is 0 Å². The number of aliphatic hydroxyl groups excluding tert-OH is 1. The van der Waals surface area contributed by atoms with Gasteiger partial charge >= 0.3 is 0 Å². The lowest BCUT2D eigenvalue weighted by Gasteiger charge is -2.28. The van der Waals surface area contributed by atoms with Crippen LogP contribution in [0.1, 0.15) is 23.6 Å². The number of hydrogen-bond acceptors (Lipinski definition) is 3. The first-order valence-electron chi connectivity index (χ1n) is 4.47. The first-order chi connectivity index (χ1) is 6.31. The number of aliphatic hydroxyl groups is 1. The zero-order valence-electron chi connectivity index (χ0n) is 7.33. The number of aromatic hydroxyl groups is 1. The largest absolute Gasteiger partial charge is 0.508 e. The average molecular weight is 179 g/mol. The predicted octanol–water partition coefficient (Wildman–Crippen LogP) is 0.919. The van der Waals surface area contributed by atoms with Crippen molar-refractivity contribution in [2.45, 2.75) is 19.1 Å². The average Bonchev–Trinajstić information content (AvgIpc) is 2.01. The molecule has 0 saturated carbocycles. The summed E-state index contributed by atoms with van der Waals surface area (Å²) >= 11 is 0. The minimum atomic E-state index is -0.107. The van der Waals surface area contributed by atoms with Crippen molar-refractivity contribution < 1.29 is 10.2 Å². The first-order valence-corrected chi connectivity index (χ1v) is 4.47. The van der Waals surface area contributed by atoms with Gasteiger partial charge in [0, 0.05) is 11.6 Å². The van der Waals surface area contributed by atoms with E-state index in [0.29, 0.717) is 11.6 Å². The summed E-state index contributed by atoms with van der Waals surface area (Å²) in [5.74, 6) is 0.189. The molecule has 2 rings (SSSR count). The van der Waals surface area contributed by atoms with E-state index in [2.05, 4.69) is 5.32 Å². The molecule has 1 aliphatic heterocycles. The maximum Gasteiger partial charge on any atom is 0.121 e. The molecule has 1 aromatic carbocycles. The molecule has 70 valence electrons. The molecule has 0 amide bonds. The van der Waals surface area contributed by atoms with Crippen LogP contribution in [0.2, 0.25) is 0 Å². The van der Waals surface area contributed by atoms with Gasteiger partial charge < -0.3 is 15.5 Å². The molecule has 0 radical (unpaired) electrons. The van der Waals surface area contributed by atoms with Crippen LogP contribution in [0.4, 0.5) is 0 Å². The van der Waals surface area contributed by atoms with Crippen LogP contribution in [0.25, 0.3) is 0 Å².